The van der Waals surface area contributed by atoms with Crippen molar-refractivity contribution in [2.24, 2.45) is 0 Å². The number of aromatic nitrogens is 2. The predicted molar refractivity (Wildman–Crippen MR) is 87.0 cm³/mol. The van der Waals surface area contributed by atoms with Gasteiger partial charge in [0, 0.05) is 23.3 Å². The number of carboxylic acid groups (broad SMARTS) is 2. The van der Waals surface area contributed by atoms with Crippen LogP contribution in [0.2, 0.25) is 0 Å². The molecule has 7 heteroatoms. The quantitative estimate of drug-likeness (QED) is 0.672. The molecule has 0 amide bonds. The highest BCUT2D eigenvalue weighted by atomic mass is 16.4. The lowest BCUT2D eigenvalue weighted by Crippen LogP contribution is -2.44. The molecule has 0 fully saturated rings. The maximum Gasteiger partial charge on any atom is 0.162 e. The molecule has 1 heterocycles. The highest BCUT2D eigenvalue weighted by molar-refractivity contribution is 5.92. The molecule has 0 bridgehead atoms. The Bertz CT molecular complexity index is 928. The van der Waals surface area contributed by atoms with E-state index in [0.29, 0.717) is 16.7 Å². The van der Waals surface area contributed by atoms with E-state index in [1.54, 1.807) is 24.3 Å². The first-order valence-corrected chi connectivity index (χ1v) is 7.54. The van der Waals surface area contributed by atoms with E-state index < -0.39 is 24.4 Å². The summed E-state index contributed by atoms with van der Waals surface area (Å²) in [5, 5.41) is 25.2. The second kappa shape index (κ2) is 6.96. The molecule has 7 nitrogen and oxygen atoms in total. The standard InChI is InChI=1S/C18H15N3O4/c22-15(23)10-14(18(24)25)20-17-12-8-4-5-9-13(12)19-16(21-17)11-6-2-1-3-7-11/h1-9,14H,10H2,(H,22,23)(H,24,25)(H,19,20,21)/p-2/t14-/m0/s1. The average molecular weight is 335 g/mol. The largest absolute Gasteiger partial charge is 0.550 e. The fraction of sp³-hybridized carbons (Fsp3) is 0.111. The second-order valence-corrected chi connectivity index (χ2v) is 5.37. The molecule has 3 aromatic rings. The Morgan fingerprint density at radius 3 is 2.32 bits per heavy atom. The number of nitrogens with one attached hydrogen (secondary N) is 1. The van der Waals surface area contributed by atoms with Gasteiger partial charge in [-0.25, -0.2) is 9.97 Å². The van der Waals surface area contributed by atoms with Gasteiger partial charge in [0.1, 0.15) is 5.82 Å². The number of carboxylic acids is 2. The Labute approximate surface area is 143 Å². The minimum atomic E-state index is -1.55. The molecule has 1 N–H and O–H groups in total. The van der Waals surface area contributed by atoms with E-state index in [-0.39, 0.29) is 5.82 Å². The molecule has 0 spiro atoms. The minimum absolute atomic E-state index is 0.222. The molecule has 25 heavy (non-hydrogen) atoms. The SMILES string of the molecule is O=C([O-])C[C@H](Nc1nc(-c2ccccc2)nc2ccccc12)C(=O)[O-]. The third kappa shape index (κ3) is 3.72. The summed E-state index contributed by atoms with van der Waals surface area (Å²) < 4.78 is 0. The lowest BCUT2D eigenvalue weighted by atomic mass is 10.1. The lowest BCUT2D eigenvalue weighted by molar-refractivity contribution is -0.316. The van der Waals surface area contributed by atoms with Gasteiger partial charge in [-0.3, -0.25) is 0 Å². The Balaban J connectivity index is 2.09. The minimum Gasteiger partial charge on any atom is -0.550 e. The number of carbonyl (C=O) groups excluding carboxylic acids is 2. The van der Waals surface area contributed by atoms with Crippen LogP contribution in [0, 0.1) is 0 Å². The number of benzene rings is 2. The average Bonchev–Trinajstić information content (AvgIpc) is 2.61. The molecule has 0 saturated heterocycles. The van der Waals surface area contributed by atoms with E-state index in [1.165, 1.54) is 0 Å². The molecule has 2 aromatic carbocycles. The van der Waals surface area contributed by atoms with Crippen LogP contribution in [-0.2, 0) is 9.59 Å². The van der Waals surface area contributed by atoms with Crippen LogP contribution < -0.4 is 15.5 Å². The van der Waals surface area contributed by atoms with Gasteiger partial charge in [-0.1, -0.05) is 42.5 Å². The summed E-state index contributed by atoms with van der Waals surface area (Å²) in [4.78, 5) is 30.9. The van der Waals surface area contributed by atoms with Gasteiger partial charge in [-0.2, -0.15) is 0 Å². The Hall–Kier alpha value is -3.48. The topological polar surface area (TPSA) is 118 Å². The first-order valence-electron chi connectivity index (χ1n) is 7.54. The molecule has 0 radical (unpaired) electrons. The highest BCUT2D eigenvalue weighted by Crippen LogP contribution is 2.25. The number of hydrogen-bond acceptors (Lipinski definition) is 7. The Morgan fingerprint density at radius 2 is 1.64 bits per heavy atom. The number of para-hydroxylation sites is 1. The van der Waals surface area contributed by atoms with Crippen molar-refractivity contribution in [2.75, 3.05) is 5.32 Å². The molecule has 126 valence electrons. The number of nitrogens with zero attached hydrogens (tertiary/aromatic N) is 2. The molecule has 1 aromatic heterocycles. The summed E-state index contributed by atoms with van der Waals surface area (Å²) in [6.07, 6.45) is -0.735. The monoisotopic (exact) mass is 335 g/mol. The molecule has 0 saturated carbocycles. The number of anilines is 1. The van der Waals surface area contributed by atoms with Crippen LogP contribution >= 0.6 is 0 Å². The fourth-order valence-corrected chi connectivity index (χ4v) is 2.43. The van der Waals surface area contributed by atoms with Crippen LogP contribution in [0.25, 0.3) is 22.3 Å². The van der Waals surface area contributed by atoms with Gasteiger partial charge in [0.25, 0.3) is 0 Å². The van der Waals surface area contributed by atoms with Crippen LogP contribution in [0.1, 0.15) is 6.42 Å². The lowest BCUT2D eigenvalue weighted by Gasteiger charge is -2.21. The zero-order valence-electron chi connectivity index (χ0n) is 13.0. The first-order chi connectivity index (χ1) is 12.0. The smallest absolute Gasteiger partial charge is 0.162 e. The van der Waals surface area contributed by atoms with E-state index in [4.69, 9.17) is 0 Å². The van der Waals surface area contributed by atoms with Crippen molar-refractivity contribution < 1.29 is 19.8 Å². The maximum absolute atomic E-state index is 11.2. The van der Waals surface area contributed by atoms with E-state index >= 15 is 0 Å². The summed E-state index contributed by atoms with van der Waals surface area (Å²) in [5.41, 5.74) is 1.35. The van der Waals surface area contributed by atoms with Gasteiger partial charge in [-0.15, -0.1) is 0 Å². The van der Waals surface area contributed by atoms with Crippen molar-refractivity contribution in [2.45, 2.75) is 12.5 Å². The van der Waals surface area contributed by atoms with Crippen LogP contribution in [-0.4, -0.2) is 27.9 Å². The molecule has 0 unspecified atom stereocenters. The third-order valence-electron chi connectivity index (χ3n) is 3.60. The molecule has 0 aliphatic heterocycles. The van der Waals surface area contributed by atoms with E-state index in [2.05, 4.69) is 15.3 Å². The molecule has 0 aliphatic rings. The predicted octanol–water partition coefficient (Wildman–Crippen LogP) is -0.0328. The first kappa shape index (κ1) is 16.4. The van der Waals surface area contributed by atoms with Gasteiger partial charge in [-0.05, 0) is 12.1 Å². The zero-order chi connectivity index (χ0) is 17.8. The van der Waals surface area contributed by atoms with Crippen LogP contribution in [0.5, 0.6) is 0 Å². The number of hydrogen-bond donors (Lipinski definition) is 1. The third-order valence-corrected chi connectivity index (χ3v) is 3.60. The molecule has 0 aliphatic carbocycles. The summed E-state index contributed by atoms with van der Waals surface area (Å²) >= 11 is 0. The molecular weight excluding hydrogens is 322 g/mol. The Morgan fingerprint density at radius 1 is 0.960 bits per heavy atom. The summed E-state index contributed by atoms with van der Waals surface area (Å²) in [6, 6.07) is 14.7. The van der Waals surface area contributed by atoms with Crippen LogP contribution in [0.15, 0.2) is 54.6 Å². The van der Waals surface area contributed by atoms with Gasteiger partial charge in [0.15, 0.2) is 5.82 Å². The van der Waals surface area contributed by atoms with Crippen molar-refractivity contribution in [1.29, 1.82) is 0 Å². The molecular formula is C18H13N3O4-2. The highest BCUT2D eigenvalue weighted by Gasteiger charge is 2.15. The van der Waals surface area contributed by atoms with Crippen molar-refractivity contribution >= 4 is 28.7 Å². The molecule has 3 rings (SSSR count). The van der Waals surface area contributed by atoms with Crippen molar-refractivity contribution in [3.05, 3.63) is 54.6 Å². The maximum atomic E-state index is 11.2. The van der Waals surface area contributed by atoms with Crippen molar-refractivity contribution in [3.63, 3.8) is 0 Å². The van der Waals surface area contributed by atoms with Crippen molar-refractivity contribution in [3.8, 4) is 11.4 Å². The van der Waals surface area contributed by atoms with Gasteiger partial charge < -0.3 is 25.1 Å². The summed E-state index contributed by atoms with van der Waals surface area (Å²) in [6.45, 7) is 0. The van der Waals surface area contributed by atoms with E-state index in [0.717, 1.165) is 5.56 Å². The van der Waals surface area contributed by atoms with Crippen molar-refractivity contribution in [1.82, 2.24) is 9.97 Å². The van der Waals surface area contributed by atoms with Crippen LogP contribution in [0.4, 0.5) is 5.82 Å². The van der Waals surface area contributed by atoms with E-state index in [1.807, 2.05) is 30.3 Å². The number of aliphatic carboxylic acids is 2. The second-order valence-electron chi connectivity index (χ2n) is 5.37. The normalized spacial score (nSPS) is 11.8. The number of carbonyl (C=O) groups is 2. The number of fused-ring (bicyclic) bond motifs is 1. The van der Waals surface area contributed by atoms with E-state index in [9.17, 15) is 19.8 Å². The van der Waals surface area contributed by atoms with Gasteiger partial charge in [0.05, 0.1) is 17.5 Å². The van der Waals surface area contributed by atoms with Gasteiger partial charge >= 0.3 is 0 Å². The molecule has 1 atom stereocenters. The number of rotatable bonds is 6. The Kier molecular flexibility index (Phi) is 4.56. The van der Waals surface area contributed by atoms with Crippen LogP contribution in [0.3, 0.4) is 0 Å². The fourth-order valence-electron chi connectivity index (χ4n) is 2.43. The van der Waals surface area contributed by atoms with Gasteiger partial charge in [0.2, 0.25) is 0 Å². The summed E-state index contributed by atoms with van der Waals surface area (Å²) in [7, 11) is 0. The zero-order valence-corrected chi connectivity index (χ0v) is 13.0. The summed E-state index contributed by atoms with van der Waals surface area (Å²) in [5.74, 6) is -2.43.